The van der Waals surface area contributed by atoms with Crippen molar-refractivity contribution < 1.29 is 45.4 Å². The molecule has 1 amide bonds. The van der Waals surface area contributed by atoms with Crippen LogP contribution in [0.1, 0.15) is 37.7 Å². The fourth-order valence-electron chi connectivity index (χ4n) is 2.88. The van der Waals surface area contributed by atoms with Gasteiger partial charge in [-0.05, 0) is 39.2 Å². The number of nitrogens with two attached hydrogens (primary N) is 1. The van der Waals surface area contributed by atoms with Crippen LogP contribution in [0.4, 0.5) is 35.5 Å². The third kappa shape index (κ3) is 8.94. The van der Waals surface area contributed by atoms with E-state index in [4.69, 9.17) is 10.5 Å². The van der Waals surface area contributed by atoms with E-state index < -0.39 is 64.8 Å². The number of ether oxygens (including phenoxy) is 1. The van der Waals surface area contributed by atoms with Crippen molar-refractivity contribution in [2.45, 2.75) is 45.4 Å². The van der Waals surface area contributed by atoms with Crippen molar-refractivity contribution >= 4 is 17.9 Å². The Labute approximate surface area is 226 Å². The van der Waals surface area contributed by atoms with Gasteiger partial charge < -0.3 is 20.9 Å². The number of pyridine rings is 1. The molecule has 0 saturated heterocycles. The second-order valence-electron chi connectivity index (χ2n) is 8.19. The Bertz CT molecular complexity index is 1160. The Balaban J connectivity index is 0.00000391. The van der Waals surface area contributed by atoms with Crippen LogP contribution in [-0.2, 0) is 12.4 Å². The van der Waals surface area contributed by atoms with Gasteiger partial charge in [-0.2, -0.15) is 26.3 Å². The van der Waals surface area contributed by atoms with E-state index in [2.05, 4.69) is 15.3 Å². The molecule has 224 valence electrons. The Morgan fingerprint density at radius 2 is 1.80 bits per heavy atom. The number of carbonyl (C=O) groups excluding carboxylic acids is 1. The van der Waals surface area contributed by atoms with Crippen LogP contribution in [0.3, 0.4) is 0 Å². The summed E-state index contributed by atoms with van der Waals surface area (Å²) in [5.74, 6) is -2.02. The molecular weight excluding hydrogens is 553 g/mol. The first-order valence-corrected chi connectivity index (χ1v) is 11.7. The summed E-state index contributed by atoms with van der Waals surface area (Å²) < 4.78 is 101. The summed E-state index contributed by atoms with van der Waals surface area (Å²) in [6, 6.07) is -1.18. The van der Waals surface area contributed by atoms with Gasteiger partial charge in [0, 0.05) is 25.0 Å². The quantitative estimate of drug-likeness (QED) is 0.245. The number of likely N-dealkylation sites (N-methyl/N-ethyl adjacent to an activating group) is 1. The number of halogens is 7. The molecule has 2 atom stereocenters. The predicted octanol–water partition coefficient (Wildman–Crippen LogP) is 4.51. The van der Waals surface area contributed by atoms with Crippen LogP contribution >= 0.6 is 0 Å². The van der Waals surface area contributed by atoms with Gasteiger partial charge in [0.15, 0.2) is 5.75 Å². The SMILES string of the molecule is CC.CC1NC(N(C)C(=O)Oc2c(C(F)(F)F)cc(C(F)(F)F)nc2/C(C=NCC(O)N(C)C)=C/N)=CC=C1F. The van der Waals surface area contributed by atoms with Crippen LogP contribution in [0.15, 0.2) is 41.1 Å². The zero-order chi connectivity index (χ0) is 31.0. The van der Waals surface area contributed by atoms with E-state index in [9.17, 15) is 40.6 Å². The lowest BCUT2D eigenvalue weighted by atomic mass is 10.1. The lowest BCUT2D eigenvalue weighted by Crippen LogP contribution is -2.40. The molecule has 2 rings (SSSR count). The molecule has 0 saturated carbocycles. The number of nitrogens with one attached hydrogen (secondary N) is 1. The fourth-order valence-corrected chi connectivity index (χ4v) is 2.88. The lowest BCUT2D eigenvalue weighted by Gasteiger charge is -2.27. The highest BCUT2D eigenvalue weighted by Gasteiger charge is 2.43. The molecule has 0 fully saturated rings. The molecule has 9 nitrogen and oxygen atoms in total. The lowest BCUT2D eigenvalue weighted by molar-refractivity contribution is -0.146. The van der Waals surface area contributed by atoms with Crippen LogP contribution in [-0.4, -0.2) is 72.2 Å². The minimum absolute atomic E-state index is 0.0623. The molecule has 1 aromatic heterocycles. The number of nitrogens with zero attached hydrogens (tertiary/aromatic N) is 4. The summed E-state index contributed by atoms with van der Waals surface area (Å²) in [5, 5.41) is 12.4. The first-order valence-electron chi connectivity index (χ1n) is 11.7. The van der Waals surface area contributed by atoms with Gasteiger partial charge in [0.05, 0.1) is 12.6 Å². The molecule has 0 aliphatic carbocycles. The van der Waals surface area contributed by atoms with Crippen molar-refractivity contribution in [2.75, 3.05) is 27.7 Å². The average molecular weight is 585 g/mol. The highest BCUT2D eigenvalue weighted by atomic mass is 19.4. The van der Waals surface area contributed by atoms with E-state index >= 15 is 0 Å². The zero-order valence-corrected chi connectivity index (χ0v) is 22.5. The maximum Gasteiger partial charge on any atom is 0.433 e. The maximum atomic E-state index is 13.9. The van der Waals surface area contributed by atoms with Gasteiger partial charge in [-0.15, -0.1) is 0 Å². The molecule has 40 heavy (non-hydrogen) atoms. The van der Waals surface area contributed by atoms with Crippen molar-refractivity contribution in [1.82, 2.24) is 20.1 Å². The number of aliphatic imine (C=N–C) groups is 1. The Kier molecular flexibility index (Phi) is 12.1. The van der Waals surface area contributed by atoms with Crippen LogP contribution in [0.25, 0.3) is 5.57 Å². The maximum absolute atomic E-state index is 13.9. The summed E-state index contributed by atoms with van der Waals surface area (Å²) in [6.07, 6.45) is -9.79. The van der Waals surface area contributed by atoms with Crippen LogP contribution < -0.4 is 15.8 Å². The largest absolute Gasteiger partial charge is 0.433 e. The summed E-state index contributed by atoms with van der Waals surface area (Å²) in [4.78, 5) is 21.8. The summed E-state index contributed by atoms with van der Waals surface area (Å²) in [7, 11) is 4.08. The summed E-state index contributed by atoms with van der Waals surface area (Å²) in [5.41, 5.74) is -0.0652. The number of allylic oxidation sites excluding steroid dienone is 3. The Morgan fingerprint density at radius 1 is 1.20 bits per heavy atom. The number of rotatable bonds is 7. The second-order valence-corrected chi connectivity index (χ2v) is 8.19. The first kappa shape index (κ1) is 34.4. The van der Waals surface area contributed by atoms with Gasteiger partial charge in [0.2, 0.25) is 0 Å². The molecule has 0 bridgehead atoms. The van der Waals surface area contributed by atoms with E-state index in [1.165, 1.54) is 25.9 Å². The number of aliphatic hydroxyl groups is 1. The summed E-state index contributed by atoms with van der Waals surface area (Å²) in [6.45, 7) is 5.08. The molecule has 1 aliphatic rings. The van der Waals surface area contributed by atoms with Crippen LogP contribution in [0.2, 0.25) is 0 Å². The highest BCUT2D eigenvalue weighted by molar-refractivity contribution is 6.10. The molecule has 2 unspecified atom stereocenters. The van der Waals surface area contributed by atoms with Gasteiger partial charge in [0.1, 0.15) is 34.8 Å². The number of hydrogen-bond donors (Lipinski definition) is 3. The molecule has 0 spiro atoms. The number of dihydropyridines is 1. The molecule has 4 N–H and O–H groups in total. The van der Waals surface area contributed by atoms with E-state index in [0.29, 0.717) is 11.1 Å². The predicted molar refractivity (Wildman–Crippen MR) is 134 cm³/mol. The minimum Gasteiger partial charge on any atom is -0.407 e. The van der Waals surface area contributed by atoms with E-state index in [0.717, 1.165) is 25.4 Å². The highest BCUT2D eigenvalue weighted by Crippen LogP contribution is 2.43. The first-order chi connectivity index (χ1) is 18.5. The number of carbonyl (C=O) groups is 1. The molecular formula is C24H31F7N6O3. The number of amides is 1. The molecule has 16 heteroatoms. The average Bonchev–Trinajstić information content (AvgIpc) is 2.87. The van der Waals surface area contributed by atoms with Crippen molar-refractivity contribution in [3.05, 3.63) is 53.0 Å². The van der Waals surface area contributed by atoms with Gasteiger partial charge in [0.25, 0.3) is 0 Å². The number of aromatic nitrogens is 1. The Hall–Kier alpha value is -3.66. The second kappa shape index (κ2) is 14.1. The molecule has 2 heterocycles. The van der Waals surface area contributed by atoms with E-state index in [1.807, 2.05) is 13.8 Å². The van der Waals surface area contributed by atoms with Crippen molar-refractivity contribution in [1.29, 1.82) is 0 Å². The number of hydrogen-bond acceptors (Lipinski definition) is 8. The van der Waals surface area contributed by atoms with Gasteiger partial charge in [-0.1, -0.05) is 13.8 Å². The van der Waals surface area contributed by atoms with Gasteiger partial charge in [-0.25, -0.2) is 14.2 Å². The third-order valence-electron chi connectivity index (χ3n) is 5.12. The topological polar surface area (TPSA) is 116 Å². The van der Waals surface area contributed by atoms with Crippen LogP contribution in [0, 0.1) is 0 Å². The fraction of sp³-hybridized carbons (Fsp3) is 0.458. The number of aliphatic hydroxyl groups excluding tert-OH is 1. The standard InChI is InChI=1S/C22H25F7N6O3.C2H6/c1-11-14(23)5-6-16(32-11)35(4)20(37)38-19-13(21(24,25)26)7-15(22(27,28)29)33-18(19)12(8-30)9-31-10-17(36)34(2)3;1-2/h5-9,11,17,32,36H,10,30H2,1-4H3;1-2H3/b12-8+,31-9?;. The van der Waals surface area contributed by atoms with Gasteiger partial charge >= 0.3 is 18.4 Å². The van der Waals surface area contributed by atoms with Crippen molar-refractivity contribution in [3.8, 4) is 5.75 Å². The molecule has 0 aromatic carbocycles. The third-order valence-corrected chi connectivity index (χ3v) is 5.12. The monoisotopic (exact) mass is 584 g/mol. The van der Waals surface area contributed by atoms with E-state index in [1.54, 1.807) is 0 Å². The van der Waals surface area contributed by atoms with Gasteiger partial charge in [-0.3, -0.25) is 14.8 Å². The minimum atomic E-state index is -5.42. The molecule has 1 aliphatic heterocycles. The summed E-state index contributed by atoms with van der Waals surface area (Å²) >= 11 is 0. The van der Waals surface area contributed by atoms with Crippen molar-refractivity contribution in [2.24, 2.45) is 10.7 Å². The normalized spacial score (nSPS) is 17.0. The smallest absolute Gasteiger partial charge is 0.407 e. The van der Waals surface area contributed by atoms with E-state index in [-0.39, 0.29) is 18.4 Å². The van der Waals surface area contributed by atoms with Crippen molar-refractivity contribution in [3.63, 3.8) is 0 Å². The zero-order valence-electron chi connectivity index (χ0n) is 22.5. The van der Waals surface area contributed by atoms with Crippen LogP contribution in [0.5, 0.6) is 5.75 Å². The number of alkyl halides is 6. The Morgan fingerprint density at radius 3 is 2.27 bits per heavy atom. The molecule has 0 radical (unpaired) electrons. The molecule has 1 aromatic rings.